The van der Waals surface area contributed by atoms with E-state index >= 15 is 0 Å². The van der Waals surface area contributed by atoms with E-state index in [0.717, 1.165) is 18.2 Å². The SMILES string of the molecule is Fc1cccc(C(F)(F)F)c1-c1ccc(Cl)cc1Cl. The van der Waals surface area contributed by atoms with Gasteiger partial charge in [0.25, 0.3) is 0 Å². The Labute approximate surface area is 116 Å². The first-order valence-corrected chi connectivity index (χ1v) is 5.87. The number of halogens is 6. The second kappa shape index (κ2) is 5.02. The Morgan fingerprint density at radius 3 is 2.21 bits per heavy atom. The van der Waals surface area contributed by atoms with Crippen molar-refractivity contribution in [1.82, 2.24) is 0 Å². The second-order valence-electron chi connectivity index (χ2n) is 3.78. The Bertz CT molecular complexity index is 621. The molecule has 0 amide bonds. The van der Waals surface area contributed by atoms with E-state index in [1.54, 1.807) is 0 Å². The summed E-state index contributed by atoms with van der Waals surface area (Å²) in [5.74, 6) is -0.987. The Morgan fingerprint density at radius 1 is 0.947 bits per heavy atom. The summed E-state index contributed by atoms with van der Waals surface area (Å²) in [4.78, 5) is 0. The van der Waals surface area contributed by atoms with Crippen LogP contribution in [0, 0.1) is 5.82 Å². The number of hydrogen-bond donors (Lipinski definition) is 0. The maximum Gasteiger partial charge on any atom is 0.417 e. The third kappa shape index (κ3) is 2.85. The minimum Gasteiger partial charge on any atom is -0.206 e. The van der Waals surface area contributed by atoms with Crippen molar-refractivity contribution in [3.63, 3.8) is 0 Å². The summed E-state index contributed by atoms with van der Waals surface area (Å²) in [6.45, 7) is 0. The van der Waals surface area contributed by atoms with E-state index in [4.69, 9.17) is 23.2 Å². The van der Waals surface area contributed by atoms with Crippen molar-refractivity contribution in [2.45, 2.75) is 6.18 Å². The van der Waals surface area contributed by atoms with Gasteiger partial charge in [-0.15, -0.1) is 0 Å². The van der Waals surface area contributed by atoms with Crippen LogP contribution in [0.2, 0.25) is 10.0 Å². The van der Waals surface area contributed by atoms with E-state index < -0.39 is 23.1 Å². The highest BCUT2D eigenvalue weighted by Gasteiger charge is 2.35. The molecule has 0 fully saturated rings. The summed E-state index contributed by atoms with van der Waals surface area (Å²) in [6.07, 6.45) is -4.67. The Kier molecular flexibility index (Phi) is 3.74. The van der Waals surface area contributed by atoms with Crippen LogP contribution in [0.1, 0.15) is 5.56 Å². The zero-order valence-electron chi connectivity index (χ0n) is 9.23. The lowest BCUT2D eigenvalue weighted by Crippen LogP contribution is -2.08. The van der Waals surface area contributed by atoms with Crippen molar-refractivity contribution in [3.8, 4) is 11.1 Å². The highest BCUT2D eigenvalue weighted by atomic mass is 35.5. The van der Waals surface area contributed by atoms with E-state index in [0.29, 0.717) is 0 Å². The number of rotatable bonds is 1. The van der Waals surface area contributed by atoms with Gasteiger partial charge >= 0.3 is 6.18 Å². The monoisotopic (exact) mass is 308 g/mol. The maximum atomic E-state index is 13.8. The van der Waals surface area contributed by atoms with Crippen LogP contribution in [0.5, 0.6) is 0 Å². The number of benzene rings is 2. The van der Waals surface area contributed by atoms with Crippen LogP contribution in [0.3, 0.4) is 0 Å². The summed E-state index contributed by atoms with van der Waals surface area (Å²) in [7, 11) is 0. The van der Waals surface area contributed by atoms with Crippen LogP contribution < -0.4 is 0 Å². The fourth-order valence-corrected chi connectivity index (χ4v) is 2.23. The van der Waals surface area contributed by atoms with Gasteiger partial charge in [0.2, 0.25) is 0 Å². The topological polar surface area (TPSA) is 0 Å². The van der Waals surface area contributed by atoms with Crippen LogP contribution in [-0.2, 0) is 6.18 Å². The smallest absolute Gasteiger partial charge is 0.206 e. The molecule has 2 rings (SSSR count). The van der Waals surface area contributed by atoms with Crippen LogP contribution >= 0.6 is 23.2 Å². The Hall–Kier alpha value is -1.26. The molecule has 0 saturated carbocycles. The Balaban J connectivity index is 2.74. The maximum absolute atomic E-state index is 13.8. The molecular formula is C13H6Cl2F4. The summed E-state index contributed by atoms with van der Waals surface area (Å²) in [6, 6.07) is 6.66. The summed E-state index contributed by atoms with van der Waals surface area (Å²) in [5.41, 5.74) is -1.69. The number of alkyl halides is 3. The van der Waals surface area contributed by atoms with Crippen molar-refractivity contribution in [2.75, 3.05) is 0 Å². The largest absolute Gasteiger partial charge is 0.417 e. The number of hydrogen-bond acceptors (Lipinski definition) is 0. The third-order valence-electron chi connectivity index (χ3n) is 2.52. The van der Waals surface area contributed by atoms with Crippen LogP contribution in [0.15, 0.2) is 36.4 Å². The Morgan fingerprint density at radius 2 is 1.63 bits per heavy atom. The lowest BCUT2D eigenvalue weighted by Gasteiger charge is -2.14. The fourth-order valence-electron chi connectivity index (χ4n) is 1.73. The third-order valence-corrected chi connectivity index (χ3v) is 3.07. The first kappa shape index (κ1) is 14.2. The van der Waals surface area contributed by atoms with Gasteiger partial charge in [0.15, 0.2) is 0 Å². The van der Waals surface area contributed by atoms with Gasteiger partial charge in [0.1, 0.15) is 5.82 Å². The van der Waals surface area contributed by atoms with Crippen molar-refractivity contribution < 1.29 is 17.6 Å². The minimum atomic E-state index is -4.67. The lowest BCUT2D eigenvalue weighted by molar-refractivity contribution is -0.137. The quantitative estimate of drug-likeness (QED) is 0.582. The molecule has 0 atom stereocenters. The van der Waals surface area contributed by atoms with E-state index in [1.807, 2.05) is 0 Å². The predicted octanol–water partition coefficient (Wildman–Crippen LogP) is 5.82. The summed E-state index contributed by atoms with van der Waals surface area (Å²) < 4.78 is 52.4. The van der Waals surface area contributed by atoms with Crippen molar-refractivity contribution in [2.24, 2.45) is 0 Å². The van der Waals surface area contributed by atoms with Crippen molar-refractivity contribution in [1.29, 1.82) is 0 Å². The van der Waals surface area contributed by atoms with Gasteiger partial charge in [0, 0.05) is 21.2 Å². The van der Waals surface area contributed by atoms with Gasteiger partial charge in [-0.1, -0.05) is 35.3 Å². The zero-order chi connectivity index (χ0) is 14.2. The molecule has 6 heteroatoms. The second-order valence-corrected chi connectivity index (χ2v) is 4.63. The first-order valence-electron chi connectivity index (χ1n) is 5.12. The molecule has 0 aliphatic rings. The molecule has 2 aromatic carbocycles. The molecule has 0 nitrogen and oxygen atoms in total. The molecule has 0 N–H and O–H groups in total. The van der Waals surface area contributed by atoms with Gasteiger partial charge in [-0.25, -0.2) is 4.39 Å². The van der Waals surface area contributed by atoms with E-state index in [-0.39, 0.29) is 15.6 Å². The average Bonchev–Trinajstić information content (AvgIpc) is 2.28. The highest BCUT2D eigenvalue weighted by Crippen LogP contribution is 2.41. The highest BCUT2D eigenvalue weighted by molar-refractivity contribution is 6.36. The van der Waals surface area contributed by atoms with Crippen LogP contribution in [0.25, 0.3) is 11.1 Å². The van der Waals surface area contributed by atoms with Gasteiger partial charge < -0.3 is 0 Å². The molecule has 0 radical (unpaired) electrons. The van der Waals surface area contributed by atoms with Gasteiger partial charge in [-0.2, -0.15) is 13.2 Å². The van der Waals surface area contributed by atoms with Crippen molar-refractivity contribution in [3.05, 3.63) is 57.8 Å². The van der Waals surface area contributed by atoms with Gasteiger partial charge in [-0.05, 0) is 24.3 Å². The van der Waals surface area contributed by atoms with Gasteiger partial charge in [0.05, 0.1) is 5.56 Å². The zero-order valence-corrected chi connectivity index (χ0v) is 10.7. The van der Waals surface area contributed by atoms with Crippen LogP contribution in [0.4, 0.5) is 17.6 Å². The molecule has 0 aliphatic heterocycles. The van der Waals surface area contributed by atoms with E-state index in [2.05, 4.69) is 0 Å². The first-order chi connectivity index (χ1) is 8.80. The van der Waals surface area contributed by atoms with Crippen molar-refractivity contribution >= 4 is 23.2 Å². The van der Waals surface area contributed by atoms with E-state index in [1.165, 1.54) is 18.2 Å². The molecule has 2 aromatic rings. The minimum absolute atomic E-state index is 0.0388. The van der Waals surface area contributed by atoms with E-state index in [9.17, 15) is 17.6 Å². The fraction of sp³-hybridized carbons (Fsp3) is 0.0769. The molecule has 0 saturated heterocycles. The molecule has 0 unspecified atom stereocenters. The normalized spacial score (nSPS) is 11.7. The molecular weight excluding hydrogens is 303 g/mol. The molecule has 0 bridgehead atoms. The average molecular weight is 309 g/mol. The molecule has 19 heavy (non-hydrogen) atoms. The molecule has 0 aromatic heterocycles. The summed E-state index contributed by atoms with van der Waals surface area (Å²) in [5, 5.41) is 0.224. The molecule has 0 aliphatic carbocycles. The predicted molar refractivity (Wildman–Crippen MR) is 66.9 cm³/mol. The molecule has 0 heterocycles. The standard InChI is InChI=1S/C13H6Cl2F4/c14-7-4-5-8(10(15)6-7)12-9(13(17,18)19)2-1-3-11(12)16/h1-6H. The molecule has 100 valence electrons. The molecule has 0 spiro atoms. The van der Waals surface area contributed by atoms with Crippen LogP contribution in [-0.4, -0.2) is 0 Å². The van der Waals surface area contributed by atoms with Gasteiger partial charge in [-0.3, -0.25) is 0 Å². The lowest BCUT2D eigenvalue weighted by atomic mass is 9.98. The summed E-state index contributed by atoms with van der Waals surface area (Å²) >= 11 is 11.5.